The van der Waals surface area contributed by atoms with Crippen LogP contribution in [0.5, 0.6) is 0 Å². The van der Waals surface area contributed by atoms with Crippen LogP contribution in [0.25, 0.3) is 22.1 Å². The summed E-state index contributed by atoms with van der Waals surface area (Å²) in [5, 5.41) is 7.78. The third-order valence-electron chi connectivity index (χ3n) is 13.5. The number of para-hydroxylation sites is 4. The van der Waals surface area contributed by atoms with Gasteiger partial charge < -0.3 is 50.3 Å². The minimum atomic E-state index is -5.13. The molecule has 4 aromatic rings. The smallest absolute Gasteiger partial charge is 0.329 e. The van der Waals surface area contributed by atoms with Crippen molar-refractivity contribution in [3.05, 3.63) is 72.3 Å². The number of amides is 8. The molecule has 2 aromatic heterocycles. The second-order valence-electron chi connectivity index (χ2n) is 20.4. The summed E-state index contributed by atoms with van der Waals surface area (Å²) in [6.07, 6.45) is 2.24. The van der Waals surface area contributed by atoms with Gasteiger partial charge in [-0.2, -0.15) is 0 Å². The quantitative estimate of drug-likeness (QED) is 0.152. The lowest BCUT2D eigenvalue weighted by atomic mass is 10.0. The average Bonchev–Trinajstić information content (AvgIpc) is 3.41. The lowest BCUT2D eigenvalue weighted by molar-refractivity contribution is -0.160. The van der Waals surface area contributed by atoms with E-state index in [1.54, 1.807) is 48.5 Å². The molecule has 6 rings (SSSR count). The number of rotatable bonds is 6. The first kappa shape index (κ1) is 61.9. The average molecular weight is 1170 g/mol. The molecule has 0 aliphatic carbocycles. The molecular weight excluding hydrogens is 1100 g/mol. The molecule has 8 atom stereocenters. The highest BCUT2D eigenvalue weighted by Gasteiger charge is 2.45. The highest BCUT2D eigenvalue weighted by atomic mass is 32.3. The van der Waals surface area contributed by atoms with Gasteiger partial charge in [0.15, 0.2) is 24.8 Å². The Balaban J connectivity index is 1.47. The number of hydrogen-bond acceptors (Lipinski definition) is 20. The molecule has 2 aliphatic heterocycles. The number of nitrogens with one attached hydrogen (secondary N) is 4. The SMILES string of the molecule is CC(C)[C@H]1C(=O)OC[C@@H](NC(=O)c2cnc3ccccc3n2)C(=O)N[C@@H](C)C(=O)N(C)[C@H]2CS(=O)(=O)CS(=O)(=O)C[C@@H](C(=O)N1C)N(C)C(=O)[C@H](C)NC(=O)[C@H](NC(=O)c1cnc3ccccc3n1)COC(=O)[C@H](C(C)C)N(C)C2=O. The van der Waals surface area contributed by atoms with Crippen molar-refractivity contribution in [2.75, 3.05) is 58.0 Å². The van der Waals surface area contributed by atoms with Gasteiger partial charge in [0.1, 0.15) is 72.9 Å². The first-order valence-corrected chi connectivity index (χ1v) is 29.0. The Hall–Kier alpha value is -8.28. The first-order chi connectivity index (χ1) is 37.9. The molecule has 2 saturated heterocycles. The summed E-state index contributed by atoms with van der Waals surface area (Å²) in [6, 6.07) is -1.69. The Morgan fingerprint density at radius 3 is 1.21 bits per heavy atom. The maximum Gasteiger partial charge on any atom is 0.329 e. The third kappa shape index (κ3) is 14.8. The summed E-state index contributed by atoms with van der Waals surface area (Å²) >= 11 is 0. The van der Waals surface area contributed by atoms with Crippen LogP contribution in [-0.4, -0.2) is 222 Å². The van der Waals surface area contributed by atoms with Crippen LogP contribution in [0.15, 0.2) is 60.9 Å². The molecule has 0 radical (unpaired) electrons. The number of carbonyl (C=O) groups excluding carboxylic acids is 10. The van der Waals surface area contributed by atoms with Gasteiger partial charge in [-0.05, 0) is 49.9 Å². The summed E-state index contributed by atoms with van der Waals surface area (Å²) in [4.78, 5) is 163. The Morgan fingerprint density at radius 1 is 0.543 bits per heavy atom. The lowest BCUT2D eigenvalue weighted by Gasteiger charge is -2.36. The van der Waals surface area contributed by atoms with Crippen molar-refractivity contribution >= 4 is 101 Å². The molecule has 8 amide bonds. The molecule has 0 saturated carbocycles. The van der Waals surface area contributed by atoms with Crippen molar-refractivity contribution in [3.63, 3.8) is 0 Å². The fourth-order valence-corrected chi connectivity index (χ4v) is 13.8. The van der Waals surface area contributed by atoms with Gasteiger partial charge in [-0.25, -0.2) is 36.4 Å². The maximum absolute atomic E-state index is 14.9. The van der Waals surface area contributed by atoms with Crippen molar-refractivity contribution < 1.29 is 74.3 Å². The van der Waals surface area contributed by atoms with Crippen LogP contribution in [0.2, 0.25) is 0 Å². The molecule has 4 N–H and O–H groups in total. The molecule has 28 nitrogen and oxygen atoms in total. The van der Waals surface area contributed by atoms with Crippen LogP contribution in [0.1, 0.15) is 62.5 Å². The van der Waals surface area contributed by atoms with Crippen molar-refractivity contribution in [2.24, 2.45) is 11.8 Å². The largest absolute Gasteiger partial charge is 0.461 e. The topological polar surface area (TPSA) is 370 Å². The van der Waals surface area contributed by atoms with E-state index in [4.69, 9.17) is 9.47 Å². The zero-order valence-corrected chi connectivity index (χ0v) is 47.6. The Morgan fingerprint density at radius 2 is 0.877 bits per heavy atom. The Kier molecular flexibility index (Phi) is 19.5. The maximum atomic E-state index is 14.9. The Labute approximate surface area is 466 Å². The van der Waals surface area contributed by atoms with E-state index in [0.717, 1.165) is 64.2 Å². The highest BCUT2D eigenvalue weighted by Crippen LogP contribution is 2.21. The number of carbonyl (C=O) groups is 10. The monoisotopic (exact) mass is 1160 g/mol. The normalized spacial score (nSPS) is 25.4. The second-order valence-corrected chi connectivity index (χ2v) is 25.0. The van der Waals surface area contributed by atoms with E-state index >= 15 is 0 Å². The van der Waals surface area contributed by atoms with Gasteiger partial charge in [0.2, 0.25) is 35.4 Å². The van der Waals surface area contributed by atoms with Crippen LogP contribution in [0, 0.1) is 11.8 Å². The summed E-state index contributed by atoms with van der Waals surface area (Å²) < 4.78 is 68.5. The van der Waals surface area contributed by atoms with Crippen molar-refractivity contribution in [1.82, 2.24) is 60.8 Å². The fourth-order valence-electron chi connectivity index (χ4n) is 9.18. The number of likely N-dealkylation sites (N-methyl/N-ethyl adjacent to an activating group) is 4. The number of aromatic nitrogens is 4. The van der Waals surface area contributed by atoms with E-state index in [-0.39, 0.29) is 11.4 Å². The molecule has 2 bridgehead atoms. The number of hydrogen-bond donors (Lipinski definition) is 4. The zero-order chi connectivity index (χ0) is 60.0. The van der Waals surface area contributed by atoms with Gasteiger partial charge in [0.25, 0.3) is 11.8 Å². The number of ether oxygens (including phenoxy) is 2. The van der Waals surface area contributed by atoms with Crippen molar-refractivity contribution in [3.8, 4) is 0 Å². The van der Waals surface area contributed by atoms with Gasteiger partial charge in [0, 0.05) is 28.2 Å². The van der Waals surface area contributed by atoms with Gasteiger partial charge in [-0.3, -0.25) is 48.3 Å². The van der Waals surface area contributed by atoms with Gasteiger partial charge >= 0.3 is 11.9 Å². The number of benzene rings is 2. The molecule has 81 heavy (non-hydrogen) atoms. The van der Waals surface area contributed by atoms with E-state index in [9.17, 15) is 64.8 Å². The van der Waals surface area contributed by atoms with Crippen LogP contribution in [-0.2, 0) is 67.5 Å². The number of cyclic esters (lactones) is 2. The number of fused-ring (bicyclic) bond motifs is 8. The van der Waals surface area contributed by atoms with Crippen LogP contribution in [0.3, 0.4) is 0 Å². The molecule has 2 aliphatic rings. The molecule has 436 valence electrons. The zero-order valence-electron chi connectivity index (χ0n) is 46.0. The van der Waals surface area contributed by atoms with Crippen molar-refractivity contribution in [1.29, 1.82) is 0 Å². The van der Waals surface area contributed by atoms with Gasteiger partial charge in [-0.1, -0.05) is 52.0 Å². The minimum Gasteiger partial charge on any atom is -0.461 e. The predicted octanol–water partition coefficient (Wildman–Crippen LogP) is -2.00. The summed E-state index contributed by atoms with van der Waals surface area (Å²) in [5.41, 5.74) is 0.878. The number of sulfone groups is 2. The number of nitrogens with zero attached hydrogens (tertiary/aromatic N) is 8. The molecule has 2 aromatic carbocycles. The van der Waals surface area contributed by atoms with E-state index < -0.39 is 169 Å². The molecule has 30 heteroatoms. The molecule has 2 fully saturated rings. The van der Waals surface area contributed by atoms with E-state index in [2.05, 4.69) is 41.2 Å². The lowest BCUT2D eigenvalue weighted by Crippen LogP contribution is -2.60. The predicted molar refractivity (Wildman–Crippen MR) is 287 cm³/mol. The minimum absolute atomic E-state index is 0.286. The van der Waals surface area contributed by atoms with Crippen LogP contribution >= 0.6 is 0 Å². The highest BCUT2D eigenvalue weighted by molar-refractivity contribution is 8.08. The van der Waals surface area contributed by atoms with Crippen LogP contribution < -0.4 is 21.3 Å². The van der Waals surface area contributed by atoms with E-state index in [1.165, 1.54) is 27.7 Å². The van der Waals surface area contributed by atoms with Gasteiger partial charge in [0.05, 0.1) is 46.0 Å². The fraction of sp³-hybridized carbons (Fsp3) is 0.490. The molecular formula is C51H64N12O16S2. The summed E-state index contributed by atoms with van der Waals surface area (Å²) in [7, 11) is -6.19. The first-order valence-electron chi connectivity index (χ1n) is 25.4. The number of esters is 2. The summed E-state index contributed by atoms with van der Waals surface area (Å²) in [5.74, 6) is -16.3. The summed E-state index contributed by atoms with van der Waals surface area (Å²) in [6.45, 7) is 6.21. The van der Waals surface area contributed by atoms with E-state index in [0.29, 0.717) is 31.9 Å². The standard InChI is InChI=1S/C51H64N12O16S2/c1-26(2)40-50(72)78-21-36(58-42(64)34-19-52-30-15-11-13-17-32(30)56-34)44(66)54-29(6)47(69)61(8)39-24-81(76,77)25-80(74,75)23-38(48(70)62(40)9)60(7)46(68)28(5)55-45(67)37(22-79-51(73)41(27(3)4)63(10)49(39)71)59-43(65)35-20-53-31-16-12-14-18-33(31)57-35/h11-20,26-29,36-41H,21-25H2,1-10H3,(H,54,66)(H,55,67)(H,58,64)(H,59,65)/t28-,29-,36+,37+,38-,39-,40-,41-/m0/s1. The van der Waals surface area contributed by atoms with E-state index in [1.807, 2.05) is 0 Å². The van der Waals surface area contributed by atoms with Crippen LogP contribution in [0.4, 0.5) is 0 Å². The third-order valence-corrected chi connectivity index (χ3v) is 18.0. The molecule has 0 unspecified atom stereocenters. The molecule has 0 spiro atoms. The second kappa shape index (κ2) is 25.4. The van der Waals surface area contributed by atoms with Crippen molar-refractivity contribution in [2.45, 2.75) is 89.9 Å². The molecule has 4 heterocycles. The Bertz CT molecular complexity index is 3160. The van der Waals surface area contributed by atoms with Gasteiger partial charge in [-0.15, -0.1) is 0 Å².